The highest BCUT2D eigenvalue weighted by molar-refractivity contribution is 6.04. The van der Waals surface area contributed by atoms with Crippen molar-refractivity contribution in [2.24, 2.45) is 17.3 Å². The van der Waals surface area contributed by atoms with Crippen LogP contribution in [0.15, 0.2) is 24.3 Å². The van der Waals surface area contributed by atoms with Crippen LogP contribution in [0.3, 0.4) is 0 Å². The van der Waals surface area contributed by atoms with Crippen molar-refractivity contribution in [3.63, 3.8) is 0 Å². The van der Waals surface area contributed by atoms with Gasteiger partial charge in [0.2, 0.25) is 11.8 Å². The molecule has 0 bridgehead atoms. The molecule has 4 aromatic rings. The number of likely N-dealkylation sites (tertiary alicyclic amines) is 2. The van der Waals surface area contributed by atoms with Crippen LogP contribution < -0.4 is 14.4 Å². The second-order valence-electron chi connectivity index (χ2n) is 16.9. The Kier molecular flexibility index (Phi) is 10.4. The van der Waals surface area contributed by atoms with E-state index >= 15 is 8.78 Å². The number of rotatable bonds is 9. The molecule has 302 valence electrons. The van der Waals surface area contributed by atoms with Crippen molar-refractivity contribution in [3.05, 3.63) is 41.5 Å². The Morgan fingerprint density at radius 1 is 1.12 bits per heavy atom. The first kappa shape index (κ1) is 39.0. The number of halogens is 2. The van der Waals surface area contributed by atoms with Crippen molar-refractivity contribution in [1.29, 1.82) is 0 Å². The Labute approximate surface area is 331 Å². The smallest absolute Gasteiger partial charge is 0.319 e. The van der Waals surface area contributed by atoms with Crippen molar-refractivity contribution >= 4 is 33.4 Å². The number of benzene rings is 2. The predicted octanol–water partition coefficient (Wildman–Crippen LogP) is 5.53. The number of anilines is 1. The molecule has 3 aliphatic heterocycles. The van der Waals surface area contributed by atoms with E-state index in [0.29, 0.717) is 24.5 Å². The van der Waals surface area contributed by atoms with Gasteiger partial charge in [0.15, 0.2) is 5.82 Å². The second-order valence-corrected chi connectivity index (χ2v) is 16.9. The van der Waals surface area contributed by atoms with Gasteiger partial charge >= 0.3 is 6.01 Å². The van der Waals surface area contributed by atoms with Crippen molar-refractivity contribution in [2.75, 3.05) is 71.1 Å². The van der Waals surface area contributed by atoms with E-state index in [1.807, 2.05) is 18.7 Å². The lowest BCUT2D eigenvalue weighted by molar-refractivity contribution is -0.142. The monoisotopic (exact) mass is 784 g/mol. The minimum Gasteiger partial charge on any atom is -0.508 e. The number of β-amino-alcohol motifs (C(OH)–C–C–N with tert-alkyl or cyclic N) is 1. The third-order valence-electron chi connectivity index (χ3n) is 12.3. The molecule has 57 heavy (non-hydrogen) atoms. The fraction of sp³-hybridized carbons (Fsp3) is 0.535. The molecule has 2 aromatic carbocycles. The van der Waals surface area contributed by atoms with Crippen LogP contribution in [0.1, 0.15) is 58.4 Å². The molecular formula is C43H50F2N6O6. The molecule has 8 rings (SSSR count). The van der Waals surface area contributed by atoms with Gasteiger partial charge in [-0.25, -0.2) is 13.8 Å². The number of hydrogen-bond acceptors (Lipinski definition) is 11. The van der Waals surface area contributed by atoms with Gasteiger partial charge in [0.1, 0.15) is 39.6 Å². The van der Waals surface area contributed by atoms with E-state index in [1.54, 1.807) is 11.8 Å². The number of aromatic hydroxyl groups is 1. The largest absolute Gasteiger partial charge is 0.508 e. The molecule has 2 aromatic heterocycles. The predicted molar refractivity (Wildman–Crippen MR) is 211 cm³/mol. The topological polar surface area (TPSA) is 134 Å². The zero-order valence-electron chi connectivity index (χ0n) is 33.0. The van der Waals surface area contributed by atoms with Crippen LogP contribution in [0.4, 0.5) is 14.6 Å². The van der Waals surface area contributed by atoms with E-state index in [9.17, 15) is 15.0 Å². The van der Waals surface area contributed by atoms with Crippen molar-refractivity contribution in [2.45, 2.75) is 64.5 Å². The van der Waals surface area contributed by atoms with E-state index in [-0.39, 0.29) is 99.6 Å². The Hall–Kier alpha value is -4.84. The Morgan fingerprint density at radius 3 is 2.67 bits per heavy atom. The summed E-state index contributed by atoms with van der Waals surface area (Å²) in [6, 6.07) is 5.62. The average Bonchev–Trinajstić information content (AvgIpc) is 3.52. The van der Waals surface area contributed by atoms with Crippen LogP contribution in [0.25, 0.3) is 32.9 Å². The fourth-order valence-electron chi connectivity index (χ4n) is 9.66. The minimum atomic E-state index is -1.26. The zero-order chi connectivity index (χ0) is 40.2. The number of hydrogen-bond donors (Lipinski definition) is 2. The highest BCUT2D eigenvalue weighted by atomic mass is 19.1. The molecule has 5 heterocycles. The Morgan fingerprint density at radius 2 is 1.91 bits per heavy atom. The summed E-state index contributed by atoms with van der Waals surface area (Å²) in [4.78, 5) is 33.0. The van der Waals surface area contributed by atoms with Crippen LogP contribution in [-0.2, 0) is 9.53 Å². The zero-order valence-corrected chi connectivity index (χ0v) is 33.0. The quantitative estimate of drug-likeness (QED) is 0.208. The number of phenols is 1. The number of methoxy groups -OCH3 is 1. The van der Waals surface area contributed by atoms with E-state index in [0.717, 1.165) is 58.3 Å². The van der Waals surface area contributed by atoms with Crippen LogP contribution in [0.2, 0.25) is 0 Å². The highest BCUT2D eigenvalue weighted by Crippen LogP contribution is 2.49. The SMILES string of the molecule is C#Cc1c(F)ccc2cc(O)cc(-c3nc(OC)c4c(N5CCOC[C@@](C)(O)C5)nc(OC[C@]56CCC[C@H]5N(CC5CN(C(=O)C(C)C)C5)CCC6)nc4c3F)c12. The normalized spacial score (nSPS) is 24.4. The average molecular weight is 785 g/mol. The summed E-state index contributed by atoms with van der Waals surface area (Å²) >= 11 is 0. The summed E-state index contributed by atoms with van der Waals surface area (Å²) in [7, 11) is 1.39. The van der Waals surface area contributed by atoms with Gasteiger partial charge < -0.3 is 34.2 Å². The summed E-state index contributed by atoms with van der Waals surface area (Å²) in [5.41, 5.74) is -1.89. The molecule has 1 aliphatic carbocycles. The lowest BCUT2D eigenvalue weighted by Crippen LogP contribution is -2.59. The number of fused-ring (bicyclic) bond motifs is 3. The first-order chi connectivity index (χ1) is 27.3. The van der Waals surface area contributed by atoms with Gasteiger partial charge in [0, 0.05) is 60.4 Å². The summed E-state index contributed by atoms with van der Waals surface area (Å²) < 4.78 is 50.6. The number of aromatic nitrogens is 3. The van der Waals surface area contributed by atoms with Crippen molar-refractivity contribution in [3.8, 4) is 41.2 Å². The fourth-order valence-corrected chi connectivity index (χ4v) is 9.66. The number of pyridine rings is 1. The lowest BCUT2D eigenvalue weighted by Gasteiger charge is -2.49. The van der Waals surface area contributed by atoms with Gasteiger partial charge in [-0.3, -0.25) is 9.69 Å². The molecule has 12 nitrogen and oxygen atoms in total. The first-order valence-electron chi connectivity index (χ1n) is 19.9. The van der Waals surface area contributed by atoms with Crippen LogP contribution in [0.5, 0.6) is 17.6 Å². The van der Waals surface area contributed by atoms with Gasteiger partial charge in [-0.05, 0) is 62.7 Å². The molecular weight excluding hydrogens is 735 g/mol. The standard InChI is InChI=1S/C43H50F2N6O6/c1-6-29-31(44)11-10-27-17-28(52)18-30(33(27)29)36-35(45)37-34(39(46-36)55-5)38(50-15-16-56-23-42(4,54)22-50)48-41(47-37)57-24-43-12-7-9-32(43)49(14-8-13-43)19-26-20-51(21-26)40(53)25(2)3/h1,10-11,17-18,25-26,32,52,54H,7-9,12-16,19-24H2,2-5H3/t32-,42+,43-/m1/s1. The molecule has 0 radical (unpaired) electrons. The molecule has 4 aliphatic rings. The summed E-state index contributed by atoms with van der Waals surface area (Å²) in [5.74, 6) is 1.50. The van der Waals surface area contributed by atoms with Crippen molar-refractivity contribution in [1.82, 2.24) is 24.8 Å². The number of ether oxygens (including phenoxy) is 3. The summed E-state index contributed by atoms with van der Waals surface area (Å²) in [5, 5.41) is 22.7. The molecule has 0 spiro atoms. The molecule has 14 heteroatoms. The number of nitrogens with zero attached hydrogens (tertiary/aromatic N) is 6. The van der Waals surface area contributed by atoms with Crippen LogP contribution in [-0.4, -0.2) is 119 Å². The maximum atomic E-state index is 17.4. The summed E-state index contributed by atoms with van der Waals surface area (Å²) in [6.45, 7) is 10.1. The third-order valence-corrected chi connectivity index (χ3v) is 12.3. The third kappa shape index (κ3) is 7.19. The number of amides is 1. The van der Waals surface area contributed by atoms with Gasteiger partial charge in [-0.2, -0.15) is 9.97 Å². The molecule has 4 fully saturated rings. The van der Waals surface area contributed by atoms with Gasteiger partial charge in [-0.1, -0.05) is 32.3 Å². The van der Waals surface area contributed by atoms with Gasteiger partial charge in [0.25, 0.3) is 0 Å². The lowest BCUT2D eigenvalue weighted by atomic mass is 9.75. The highest BCUT2D eigenvalue weighted by Gasteiger charge is 2.49. The van der Waals surface area contributed by atoms with E-state index in [2.05, 4.69) is 15.8 Å². The van der Waals surface area contributed by atoms with E-state index < -0.39 is 17.2 Å². The van der Waals surface area contributed by atoms with Gasteiger partial charge in [-0.15, -0.1) is 6.42 Å². The van der Waals surface area contributed by atoms with Gasteiger partial charge in [0.05, 0.1) is 39.0 Å². The number of carbonyl (C=O) groups excluding carboxylic acids is 1. The molecule has 3 saturated heterocycles. The Bertz CT molecular complexity index is 2260. The maximum absolute atomic E-state index is 17.4. The minimum absolute atomic E-state index is 0.00539. The Balaban J connectivity index is 1.19. The number of piperidine rings is 1. The second kappa shape index (κ2) is 15.2. The number of terminal acetylenes is 1. The van der Waals surface area contributed by atoms with Crippen LogP contribution in [0, 0.1) is 41.2 Å². The molecule has 3 atom stereocenters. The van der Waals surface area contributed by atoms with E-state index in [1.165, 1.54) is 31.4 Å². The number of aliphatic hydroxyl groups is 1. The molecule has 1 saturated carbocycles. The van der Waals surface area contributed by atoms with Crippen LogP contribution >= 0.6 is 0 Å². The molecule has 0 unspecified atom stereocenters. The maximum Gasteiger partial charge on any atom is 0.319 e. The molecule has 2 N–H and O–H groups in total. The van der Waals surface area contributed by atoms with E-state index in [4.69, 9.17) is 30.6 Å². The first-order valence-corrected chi connectivity index (χ1v) is 19.9. The van der Waals surface area contributed by atoms with Crippen molar-refractivity contribution < 1.29 is 38.0 Å². The number of carbonyl (C=O) groups is 1. The molecule has 1 amide bonds. The number of phenolic OH excluding ortho intramolecular Hbond substituents is 1. The summed E-state index contributed by atoms with van der Waals surface area (Å²) in [6.07, 6.45) is 10.8.